The van der Waals surface area contributed by atoms with E-state index in [1.165, 1.54) is 23.3 Å². The van der Waals surface area contributed by atoms with E-state index in [0.717, 1.165) is 23.7 Å². The van der Waals surface area contributed by atoms with Gasteiger partial charge in [0.2, 0.25) is 0 Å². The van der Waals surface area contributed by atoms with Crippen molar-refractivity contribution in [1.29, 1.82) is 0 Å². The SMILES string of the molecule is Cc1ccc(CSCCNC(=S)Nc2ccc(F)cc2)cc1. The number of thiocarbonyl (C=S) groups is 1. The van der Waals surface area contributed by atoms with Gasteiger partial charge in [-0.25, -0.2) is 4.39 Å². The number of halogens is 1. The van der Waals surface area contributed by atoms with Crippen LogP contribution in [0.2, 0.25) is 0 Å². The molecule has 0 aliphatic carbocycles. The van der Waals surface area contributed by atoms with Gasteiger partial charge in [0.25, 0.3) is 0 Å². The molecule has 2 nitrogen and oxygen atoms in total. The second kappa shape index (κ2) is 8.76. The van der Waals surface area contributed by atoms with Crippen LogP contribution in [0, 0.1) is 12.7 Å². The van der Waals surface area contributed by atoms with Gasteiger partial charge in [-0.2, -0.15) is 11.8 Å². The maximum Gasteiger partial charge on any atom is 0.170 e. The fraction of sp³-hybridized carbons (Fsp3) is 0.235. The van der Waals surface area contributed by atoms with E-state index in [-0.39, 0.29) is 5.82 Å². The summed E-state index contributed by atoms with van der Waals surface area (Å²) in [6.07, 6.45) is 0. The average molecular weight is 334 g/mol. The molecule has 0 atom stereocenters. The molecule has 0 aromatic heterocycles. The third-order valence-electron chi connectivity index (χ3n) is 3.02. The van der Waals surface area contributed by atoms with Crippen molar-refractivity contribution >= 4 is 34.8 Å². The second-order valence-corrected chi connectivity index (χ2v) is 6.44. The van der Waals surface area contributed by atoms with Gasteiger partial charge >= 0.3 is 0 Å². The van der Waals surface area contributed by atoms with Crippen LogP contribution in [0.25, 0.3) is 0 Å². The van der Waals surface area contributed by atoms with E-state index in [4.69, 9.17) is 12.2 Å². The van der Waals surface area contributed by atoms with Gasteiger partial charge in [-0.15, -0.1) is 0 Å². The third kappa shape index (κ3) is 6.03. The van der Waals surface area contributed by atoms with Crippen molar-refractivity contribution in [3.05, 3.63) is 65.5 Å². The first-order chi connectivity index (χ1) is 10.6. The Morgan fingerprint density at radius 1 is 1.09 bits per heavy atom. The lowest BCUT2D eigenvalue weighted by molar-refractivity contribution is 0.628. The fourth-order valence-electron chi connectivity index (χ4n) is 1.82. The molecule has 2 N–H and O–H groups in total. The molecule has 0 heterocycles. The maximum atomic E-state index is 12.8. The first kappa shape index (κ1) is 16.8. The molecule has 0 fully saturated rings. The lowest BCUT2D eigenvalue weighted by atomic mass is 10.2. The van der Waals surface area contributed by atoms with Crippen molar-refractivity contribution in [2.75, 3.05) is 17.6 Å². The first-order valence-corrected chi connectivity index (χ1v) is 8.63. The molecule has 0 amide bonds. The number of hydrogen-bond acceptors (Lipinski definition) is 2. The topological polar surface area (TPSA) is 24.1 Å². The minimum absolute atomic E-state index is 0.253. The van der Waals surface area contributed by atoms with Gasteiger partial charge in [0.1, 0.15) is 5.82 Å². The Labute approximate surface area is 140 Å². The summed E-state index contributed by atoms with van der Waals surface area (Å²) < 4.78 is 12.8. The smallest absolute Gasteiger partial charge is 0.170 e. The largest absolute Gasteiger partial charge is 0.362 e. The Morgan fingerprint density at radius 2 is 1.77 bits per heavy atom. The van der Waals surface area contributed by atoms with E-state index < -0.39 is 0 Å². The molecule has 2 aromatic carbocycles. The molecule has 2 aromatic rings. The molecule has 0 radical (unpaired) electrons. The summed E-state index contributed by atoms with van der Waals surface area (Å²) in [7, 11) is 0. The summed E-state index contributed by atoms with van der Waals surface area (Å²) in [5.74, 6) is 1.72. The van der Waals surface area contributed by atoms with E-state index in [9.17, 15) is 4.39 Å². The van der Waals surface area contributed by atoms with E-state index >= 15 is 0 Å². The highest BCUT2D eigenvalue weighted by Gasteiger charge is 1.98. The molecule has 0 spiro atoms. The molecule has 5 heteroatoms. The van der Waals surface area contributed by atoms with E-state index in [1.807, 2.05) is 11.8 Å². The van der Waals surface area contributed by atoms with Crippen LogP contribution in [0.15, 0.2) is 48.5 Å². The van der Waals surface area contributed by atoms with Gasteiger partial charge in [-0.05, 0) is 49.0 Å². The molecule has 0 saturated heterocycles. The zero-order valence-corrected chi connectivity index (χ0v) is 14.1. The number of nitrogens with one attached hydrogen (secondary N) is 2. The number of aryl methyl sites for hydroxylation is 1. The molecule has 0 unspecified atom stereocenters. The van der Waals surface area contributed by atoms with Crippen LogP contribution in [0.4, 0.5) is 10.1 Å². The average Bonchev–Trinajstić information content (AvgIpc) is 2.51. The summed E-state index contributed by atoms with van der Waals surface area (Å²) in [4.78, 5) is 0. The molecular weight excluding hydrogens is 315 g/mol. The van der Waals surface area contributed by atoms with Crippen LogP contribution in [-0.4, -0.2) is 17.4 Å². The molecule has 116 valence electrons. The lowest BCUT2D eigenvalue weighted by Crippen LogP contribution is -2.30. The summed E-state index contributed by atoms with van der Waals surface area (Å²) in [5.41, 5.74) is 3.40. The van der Waals surface area contributed by atoms with Crippen molar-refractivity contribution in [2.45, 2.75) is 12.7 Å². The standard InChI is InChI=1S/C17H19FN2S2/c1-13-2-4-14(5-3-13)12-22-11-10-19-17(21)20-16-8-6-15(18)7-9-16/h2-9H,10-12H2,1H3,(H2,19,20,21). The minimum atomic E-state index is -0.253. The van der Waals surface area contributed by atoms with E-state index in [1.54, 1.807) is 12.1 Å². The molecule has 0 aliphatic rings. The van der Waals surface area contributed by atoms with Crippen molar-refractivity contribution < 1.29 is 4.39 Å². The Morgan fingerprint density at radius 3 is 2.45 bits per heavy atom. The van der Waals surface area contributed by atoms with Gasteiger partial charge in [-0.3, -0.25) is 0 Å². The summed E-state index contributed by atoms with van der Waals surface area (Å²) >= 11 is 7.06. The number of hydrogen-bond donors (Lipinski definition) is 2. The number of rotatable bonds is 6. The zero-order chi connectivity index (χ0) is 15.8. The quantitative estimate of drug-likeness (QED) is 0.606. The van der Waals surface area contributed by atoms with E-state index in [2.05, 4.69) is 41.8 Å². The van der Waals surface area contributed by atoms with Gasteiger partial charge in [0, 0.05) is 23.7 Å². The van der Waals surface area contributed by atoms with Crippen LogP contribution < -0.4 is 10.6 Å². The second-order valence-electron chi connectivity index (χ2n) is 4.93. The Kier molecular flexibility index (Phi) is 6.68. The molecule has 0 bridgehead atoms. The molecular formula is C17H19FN2S2. The highest BCUT2D eigenvalue weighted by atomic mass is 32.2. The fourth-order valence-corrected chi connectivity index (χ4v) is 2.86. The highest BCUT2D eigenvalue weighted by molar-refractivity contribution is 7.98. The molecule has 22 heavy (non-hydrogen) atoms. The van der Waals surface area contributed by atoms with Crippen LogP contribution >= 0.6 is 24.0 Å². The van der Waals surface area contributed by atoms with Crippen LogP contribution in [0.5, 0.6) is 0 Å². The zero-order valence-electron chi connectivity index (χ0n) is 12.4. The Balaban J connectivity index is 1.61. The summed E-state index contributed by atoms with van der Waals surface area (Å²) in [6, 6.07) is 14.7. The van der Waals surface area contributed by atoms with Crippen molar-refractivity contribution in [2.24, 2.45) is 0 Å². The van der Waals surface area contributed by atoms with Gasteiger partial charge in [0.15, 0.2) is 5.11 Å². The minimum Gasteiger partial charge on any atom is -0.362 e. The molecule has 0 aliphatic heterocycles. The number of anilines is 1. The summed E-state index contributed by atoms with van der Waals surface area (Å²) in [6.45, 7) is 2.89. The van der Waals surface area contributed by atoms with Crippen molar-refractivity contribution in [1.82, 2.24) is 5.32 Å². The molecule has 0 saturated carbocycles. The number of benzene rings is 2. The van der Waals surface area contributed by atoms with Crippen LogP contribution in [0.3, 0.4) is 0 Å². The first-order valence-electron chi connectivity index (χ1n) is 7.07. The maximum absolute atomic E-state index is 12.8. The van der Waals surface area contributed by atoms with Crippen LogP contribution in [0.1, 0.15) is 11.1 Å². The van der Waals surface area contributed by atoms with Crippen molar-refractivity contribution in [3.63, 3.8) is 0 Å². The Hall–Kier alpha value is -1.59. The predicted octanol–water partition coefficient (Wildman–Crippen LogP) is 4.35. The van der Waals surface area contributed by atoms with E-state index in [0.29, 0.717) is 5.11 Å². The summed E-state index contributed by atoms with van der Waals surface area (Å²) in [5, 5.41) is 6.73. The van der Waals surface area contributed by atoms with Crippen molar-refractivity contribution in [3.8, 4) is 0 Å². The van der Waals surface area contributed by atoms with Crippen LogP contribution in [-0.2, 0) is 5.75 Å². The predicted molar refractivity (Wildman–Crippen MR) is 98.0 cm³/mol. The third-order valence-corrected chi connectivity index (χ3v) is 4.30. The monoisotopic (exact) mass is 334 g/mol. The number of thioether (sulfide) groups is 1. The lowest BCUT2D eigenvalue weighted by Gasteiger charge is -2.10. The van der Waals surface area contributed by atoms with Gasteiger partial charge in [0.05, 0.1) is 0 Å². The highest BCUT2D eigenvalue weighted by Crippen LogP contribution is 2.12. The van der Waals surface area contributed by atoms with Gasteiger partial charge in [-0.1, -0.05) is 29.8 Å². The normalized spacial score (nSPS) is 10.3. The van der Waals surface area contributed by atoms with Gasteiger partial charge < -0.3 is 10.6 Å². The Bertz CT molecular complexity index is 597. The molecule has 2 rings (SSSR count).